The van der Waals surface area contributed by atoms with Gasteiger partial charge in [0.25, 0.3) is 0 Å². The molecule has 0 aromatic heterocycles. The first-order chi connectivity index (χ1) is 9.71. The van der Waals surface area contributed by atoms with Crippen LogP contribution in [0.5, 0.6) is 0 Å². The van der Waals surface area contributed by atoms with Crippen molar-refractivity contribution in [1.82, 2.24) is 0 Å². The topological polar surface area (TPSA) is 0 Å². The molecule has 0 amide bonds. The third-order valence-electron chi connectivity index (χ3n) is 7.07. The summed E-state index contributed by atoms with van der Waals surface area (Å²) in [5, 5.41) is 0. The number of hydrogen-bond acceptors (Lipinski definition) is 0. The summed E-state index contributed by atoms with van der Waals surface area (Å²) in [4.78, 5) is 0. The second-order valence-corrected chi connectivity index (χ2v) is 51.4. The third kappa shape index (κ3) is 2.92. The Hall–Kier alpha value is 1.99. The van der Waals surface area contributed by atoms with E-state index in [-0.39, 0.29) is 0 Å². The molecule has 1 saturated heterocycles. The number of halogens is 2. The van der Waals surface area contributed by atoms with Gasteiger partial charge in [0.15, 0.2) is 0 Å². The molecule has 0 aromatic rings. The van der Waals surface area contributed by atoms with E-state index in [2.05, 4.69) is 78.6 Å². The fraction of sp³-hybridized carbons (Fsp3) is 1.00. The zero-order valence-electron chi connectivity index (χ0n) is 17.7. The van der Waals surface area contributed by atoms with Crippen molar-refractivity contribution in [2.45, 2.75) is 98.4 Å². The average molecular weight is 488 g/mol. The Labute approximate surface area is 161 Å². The fourth-order valence-corrected chi connectivity index (χ4v) is 103. The van der Waals surface area contributed by atoms with E-state index in [1.165, 1.54) is 12.8 Å². The van der Waals surface area contributed by atoms with Gasteiger partial charge in [-0.25, -0.2) is 0 Å². The predicted octanol–water partition coefficient (Wildman–Crippen LogP) is 7.69. The monoisotopic (exact) mass is 488 g/mol. The minimum absolute atomic E-state index is 0.379. The van der Waals surface area contributed by atoms with Crippen LogP contribution in [0.15, 0.2) is 0 Å². The van der Waals surface area contributed by atoms with Crippen molar-refractivity contribution >= 4 is 63.7 Å². The van der Waals surface area contributed by atoms with Crippen molar-refractivity contribution in [3.63, 3.8) is 0 Å². The standard InChI is InChI=1S/C16H40Cl2GeSi4/c1-20(2,3)15(21(4,5)6)13-14-16(19(15,17)18,22(7,8)9)23(10,11)12/h13-14H2,1-12H3. The summed E-state index contributed by atoms with van der Waals surface area (Å²) in [6.45, 7) is 30.8. The molecule has 0 unspecified atom stereocenters. The van der Waals surface area contributed by atoms with Crippen LogP contribution in [0.2, 0.25) is 85.6 Å². The SMILES string of the molecule is C[Si](C)(C)[C]1([Si](C)(C)C)CC[C]([Si](C)(C)C)([Si](C)(C)C)[Ge]1([Cl])[Cl]. The van der Waals surface area contributed by atoms with Crippen LogP contribution in [0.25, 0.3) is 0 Å². The van der Waals surface area contributed by atoms with Gasteiger partial charge in [-0.2, -0.15) is 0 Å². The summed E-state index contributed by atoms with van der Waals surface area (Å²) in [6, 6.07) is 0. The van der Waals surface area contributed by atoms with Crippen LogP contribution in [0, 0.1) is 0 Å². The van der Waals surface area contributed by atoms with Gasteiger partial charge in [0.05, 0.1) is 0 Å². The fourth-order valence-electron chi connectivity index (χ4n) is 6.69. The first-order valence-corrected chi connectivity index (χ1v) is 30.7. The van der Waals surface area contributed by atoms with Crippen molar-refractivity contribution in [1.29, 1.82) is 0 Å². The molecule has 0 aliphatic carbocycles. The van der Waals surface area contributed by atoms with Crippen LogP contribution in [-0.4, -0.2) is 43.7 Å². The van der Waals surface area contributed by atoms with Crippen molar-refractivity contribution in [3.8, 4) is 0 Å². The van der Waals surface area contributed by atoms with Crippen molar-refractivity contribution in [2.75, 3.05) is 0 Å². The Morgan fingerprint density at radius 2 is 0.696 bits per heavy atom. The molecule has 7 heteroatoms. The molecule has 1 fully saturated rings. The van der Waals surface area contributed by atoms with Crippen molar-refractivity contribution in [2.24, 2.45) is 0 Å². The molecule has 0 aromatic carbocycles. The van der Waals surface area contributed by atoms with Crippen LogP contribution < -0.4 is 0 Å². The molecule has 1 heterocycles. The maximum atomic E-state index is 7.84. The molecule has 0 radical (unpaired) electrons. The number of rotatable bonds is 4. The van der Waals surface area contributed by atoms with Gasteiger partial charge >= 0.3 is 162 Å². The van der Waals surface area contributed by atoms with Gasteiger partial charge in [-0.15, -0.1) is 0 Å². The van der Waals surface area contributed by atoms with Crippen LogP contribution >= 0.6 is 20.0 Å². The second-order valence-electron chi connectivity index (χ2n) is 11.9. The molecular formula is C16H40Cl2GeSi4. The molecular weight excluding hydrogens is 448 g/mol. The Balaban J connectivity index is 3.88. The summed E-state index contributed by atoms with van der Waals surface area (Å²) in [5.74, 6) is 0. The third-order valence-corrected chi connectivity index (χ3v) is 72.8. The molecule has 1 aliphatic rings. The molecule has 0 nitrogen and oxygen atoms in total. The zero-order chi connectivity index (χ0) is 18.9. The first-order valence-electron chi connectivity index (χ1n) is 9.09. The van der Waals surface area contributed by atoms with E-state index in [0.717, 1.165) is 0 Å². The molecule has 0 bridgehead atoms. The predicted molar refractivity (Wildman–Crippen MR) is 125 cm³/mol. The van der Waals surface area contributed by atoms with Crippen LogP contribution in [0.4, 0.5) is 0 Å². The summed E-state index contributed by atoms with van der Waals surface area (Å²) in [7, 11) is 9.82. The summed E-state index contributed by atoms with van der Waals surface area (Å²) in [5.41, 5.74) is 0. The van der Waals surface area contributed by atoms with Gasteiger partial charge < -0.3 is 0 Å². The molecule has 0 N–H and O–H groups in total. The summed E-state index contributed by atoms with van der Waals surface area (Å²) < 4.78 is 0.757. The zero-order valence-corrected chi connectivity index (χ0v) is 25.3. The first kappa shape index (κ1) is 23.0. The molecule has 1 aliphatic heterocycles. The maximum absolute atomic E-state index is 7.84. The van der Waals surface area contributed by atoms with Gasteiger partial charge in [-0.1, -0.05) is 0 Å². The molecule has 138 valence electrons. The van der Waals surface area contributed by atoms with E-state index in [0.29, 0.717) is 6.99 Å². The van der Waals surface area contributed by atoms with E-state index in [1.54, 1.807) is 0 Å². The van der Waals surface area contributed by atoms with Gasteiger partial charge in [0.1, 0.15) is 0 Å². The molecule has 0 saturated carbocycles. The van der Waals surface area contributed by atoms with Gasteiger partial charge in [0, 0.05) is 0 Å². The molecule has 0 atom stereocenters. The average Bonchev–Trinajstić information content (AvgIpc) is 2.42. The van der Waals surface area contributed by atoms with Gasteiger partial charge in [-0.05, 0) is 0 Å². The molecule has 0 spiro atoms. The van der Waals surface area contributed by atoms with E-state index < -0.39 is 43.7 Å². The van der Waals surface area contributed by atoms with E-state index in [9.17, 15) is 0 Å². The normalized spacial score (nSPS) is 24.8. The molecule has 23 heavy (non-hydrogen) atoms. The van der Waals surface area contributed by atoms with E-state index in [1.807, 2.05) is 0 Å². The minimum atomic E-state index is -3.11. The molecule has 1 rings (SSSR count). The Kier molecular flexibility index (Phi) is 6.00. The van der Waals surface area contributed by atoms with E-state index >= 15 is 0 Å². The number of hydrogen-bond donors (Lipinski definition) is 0. The van der Waals surface area contributed by atoms with Crippen LogP contribution in [-0.2, 0) is 0 Å². The Morgan fingerprint density at radius 1 is 0.522 bits per heavy atom. The summed E-state index contributed by atoms with van der Waals surface area (Å²) >= 11 is -3.11. The Morgan fingerprint density at radius 3 is 0.783 bits per heavy atom. The Bertz CT molecular complexity index is 394. The van der Waals surface area contributed by atoms with Crippen LogP contribution in [0.1, 0.15) is 12.8 Å². The second kappa shape index (κ2) is 6.00. The van der Waals surface area contributed by atoms with Gasteiger partial charge in [-0.3, -0.25) is 0 Å². The van der Waals surface area contributed by atoms with Crippen LogP contribution in [0.3, 0.4) is 0 Å². The van der Waals surface area contributed by atoms with E-state index in [4.69, 9.17) is 20.0 Å². The quantitative estimate of drug-likeness (QED) is 0.356. The van der Waals surface area contributed by atoms with Crippen molar-refractivity contribution in [3.05, 3.63) is 0 Å². The van der Waals surface area contributed by atoms with Crippen molar-refractivity contribution < 1.29 is 0 Å². The van der Waals surface area contributed by atoms with Gasteiger partial charge in [0.2, 0.25) is 0 Å². The summed E-state index contributed by atoms with van der Waals surface area (Å²) in [6.07, 6.45) is 2.69.